The number of likely N-dealkylation sites (tertiary alicyclic amines) is 1. The van der Waals surface area contributed by atoms with Crippen molar-refractivity contribution in [2.24, 2.45) is 0 Å². The van der Waals surface area contributed by atoms with Gasteiger partial charge in [-0.05, 0) is 30.9 Å². The van der Waals surface area contributed by atoms with Gasteiger partial charge in [-0.3, -0.25) is 9.78 Å². The number of hydrogen-bond acceptors (Lipinski definition) is 2. The van der Waals surface area contributed by atoms with E-state index in [2.05, 4.69) is 4.98 Å². The minimum atomic E-state index is -4.44. The van der Waals surface area contributed by atoms with Crippen LogP contribution in [-0.4, -0.2) is 28.9 Å². The third-order valence-corrected chi connectivity index (χ3v) is 3.18. The molecule has 104 valence electrons. The molecule has 0 aliphatic carbocycles. The van der Waals surface area contributed by atoms with Crippen molar-refractivity contribution >= 4 is 5.91 Å². The summed E-state index contributed by atoms with van der Waals surface area (Å²) in [4.78, 5) is 17.0. The van der Waals surface area contributed by atoms with Crippen LogP contribution in [0.1, 0.15) is 30.5 Å². The van der Waals surface area contributed by atoms with E-state index in [0.717, 1.165) is 44.6 Å². The summed E-state index contributed by atoms with van der Waals surface area (Å²) in [5, 5.41) is 0. The van der Waals surface area contributed by atoms with Gasteiger partial charge < -0.3 is 4.90 Å². The van der Waals surface area contributed by atoms with E-state index in [1.165, 1.54) is 6.07 Å². The summed E-state index contributed by atoms with van der Waals surface area (Å²) in [5.41, 5.74) is -0.412. The van der Waals surface area contributed by atoms with Gasteiger partial charge in [0.1, 0.15) is 5.69 Å². The molecule has 3 nitrogen and oxygen atoms in total. The van der Waals surface area contributed by atoms with Crippen LogP contribution >= 0.6 is 0 Å². The normalized spacial score (nSPS) is 16.5. The molecule has 2 rings (SSSR count). The number of nitrogens with zero attached hydrogens (tertiary/aromatic N) is 2. The quantitative estimate of drug-likeness (QED) is 0.829. The van der Waals surface area contributed by atoms with Gasteiger partial charge in [-0.1, -0.05) is 6.07 Å². The fourth-order valence-electron chi connectivity index (χ4n) is 2.13. The Labute approximate surface area is 109 Å². The third-order valence-electron chi connectivity index (χ3n) is 3.18. The molecule has 1 fully saturated rings. The van der Waals surface area contributed by atoms with Gasteiger partial charge >= 0.3 is 6.18 Å². The summed E-state index contributed by atoms with van der Waals surface area (Å²) in [6.07, 6.45) is -0.0646. The Morgan fingerprint density at radius 1 is 1.21 bits per heavy atom. The number of rotatable bonds is 2. The first kappa shape index (κ1) is 13.8. The first-order valence-electron chi connectivity index (χ1n) is 6.27. The first-order valence-corrected chi connectivity index (χ1v) is 6.27. The summed E-state index contributed by atoms with van der Waals surface area (Å²) in [6, 6.07) is 2.23. The van der Waals surface area contributed by atoms with E-state index in [9.17, 15) is 18.0 Å². The van der Waals surface area contributed by atoms with Crippen LogP contribution < -0.4 is 0 Å². The number of alkyl halides is 3. The average molecular weight is 272 g/mol. The number of aromatic nitrogens is 1. The molecule has 0 unspecified atom stereocenters. The molecule has 0 saturated carbocycles. The molecule has 0 atom stereocenters. The lowest BCUT2D eigenvalue weighted by Crippen LogP contribution is -2.36. The fraction of sp³-hybridized carbons (Fsp3) is 0.538. The first-order chi connectivity index (χ1) is 8.97. The highest BCUT2D eigenvalue weighted by atomic mass is 19.4. The number of halogens is 3. The molecule has 1 aromatic heterocycles. The van der Waals surface area contributed by atoms with Gasteiger partial charge in [-0.15, -0.1) is 0 Å². The molecule has 0 radical (unpaired) electrons. The Kier molecular flexibility index (Phi) is 4.07. The van der Waals surface area contributed by atoms with E-state index in [1.807, 2.05) is 0 Å². The molecule has 2 heterocycles. The van der Waals surface area contributed by atoms with Gasteiger partial charge in [0.15, 0.2) is 0 Å². The molecule has 0 aromatic carbocycles. The number of amides is 1. The highest BCUT2D eigenvalue weighted by Crippen LogP contribution is 2.27. The van der Waals surface area contributed by atoms with Crippen LogP contribution in [0.3, 0.4) is 0 Å². The molecule has 0 spiro atoms. The zero-order valence-electron chi connectivity index (χ0n) is 10.4. The van der Waals surface area contributed by atoms with Crippen LogP contribution in [-0.2, 0) is 17.4 Å². The second kappa shape index (κ2) is 5.59. The van der Waals surface area contributed by atoms with Crippen molar-refractivity contribution in [2.45, 2.75) is 31.9 Å². The van der Waals surface area contributed by atoms with E-state index in [1.54, 1.807) is 4.90 Å². The number of piperidine rings is 1. The summed E-state index contributed by atoms with van der Waals surface area (Å²) in [7, 11) is 0. The van der Waals surface area contributed by atoms with E-state index in [0.29, 0.717) is 5.56 Å². The van der Waals surface area contributed by atoms with Crippen molar-refractivity contribution in [1.82, 2.24) is 9.88 Å². The van der Waals surface area contributed by atoms with Gasteiger partial charge in [0.05, 0.1) is 6.42 Å². The maximum Gasteiger partial charge on any atom is 0.433 e. The van der Waals surface area contributed by atoms with Crippen molar-refractivity contribution in [3.8, 4) is 0 Å². The molecular formula is C13H15F3N2O. The maximum atomic E-state index is 12.3. The smallest absolute Gasteiger partial charge is 0.342 e. The van der Waals surface area contributed by atoms with Crippen molar-refractivity contribution in [3.63, 3.8) is 0 Å². The molecule has 19 heavy (non-hydrogen) atoms. The number of carbonyl (C=O) groups is 1. The standard InChI is InChI=1S/C13H15F3N2O/c14-13(15,16)11-5-4-10(9-17-11)8-12(19)18-6-2-1-3-7-18/h4-5,9H,1-3,6-8H2. The second-order valence-corrected chi connectivity index (χ2v) is 4.67. The zero-order chi connectivity index (χ0) is 13.9. The van der Waals surface area contributed by atoms with Crippen molar-refractivity contribution < 1.29 is 18.0 Å². The van der Waals surface area contributed by atoms with Crippen LogP contribution in [0.2, 0.25) is 0 Å². The lowest BCUT2D eigenvalue weighted by molar-refractivity contribution is -0.141. The number of carbonyl (C=O) groups excluding carboxylic acids is 1. The van der Waals surface area contributed by atoms with Crippen LogP contribution in [0, 0.1) is 0 Å². The Balaban J connectivity index is 1.97. The highest BCUT2D eigenvalue weighted by Gasteiger charge is 2.32. The molecule has 1 aromatic rings. The number of hydrogen-bond donors (Lipinski definition) is 0. The summed E-state index contributed by atoms with van der Waals surface area (Å²) in [5.74, 6) is -0.0405. The van der Waals surface area contributed by atoms with Crippen molar-refractivity contribution in [1.29, 1.82) is 0 Å². The number of pyridine rings is 1. The molecular weight excluding hydrogens is 257 g/mol. The second-order valence-electron chi connectivity index (χ2n) is 4.67. The minimum absolute atomic E-state index is 0.0405. The van der Waals surface area contributed by atoms with Gasteiger partial charge in [-0.2, -0.15) is 13.2 Å². The van der Waals surface area contributed by atoms with Crippen molar-refractivity contribution in [3.05, 3.63) is 29.6 Å². The minimum Gasteiger partial charge on any atom is -0.342 e. The lowest BCUT2D eigenvalue weighted by Gasteiger charge is -2.26. The molecule has 0 bridgehead atoms. The molecule has 1 saturated heterocycles. The largest absolute Gasteiger partial charge is 0.433 e. The topological polar surface area (TPSA) is 33.2 Å². The summed E-state index contributed by atoms with van der Waals surface area (Å²) >= 11 is 0. The van der Waals surface area contributed by atoms with Crippen LogP contribution in [0.25, 0.3) is 0 Å². The van der Waals surface area contributed by atoms with Gasteiger partial charge in [0.25, 0.3) is 0 Å². The molecule has 0 N–H and O–H groups in total. The highest BCUT2D eigenvalue weighted by molar-refractivity contribution is 5.78. The van der Waals surface area contributed by atoms with E-state index in [4.69, 9.17) is 0 Å². The van der Waals surface area contributed by atoms with Crippen LogP contribution in [0.4, 0.5) is 13.2 Å². The predicted molar refractivity (Wildman–Crippen MR) is 63.4 cm³/mol. The van der Waals surface area contributed by atoms with Crippen molar-refractivity contribution in [2.75, 3.05) is 13.1 Å². The summed E-state index contributed by atoms with van der Waals surface area (Å²) < 4.78 is 37.0. The van der Waals surface area contributed by atoms with Gasteiger partial charge in [-0.25, -0.2) is 0 Å². The van der Waals surface area contributed by atoms with E-state index in [-0.39, 0.29) is 12.3 Å². The molecule has 6 heteroatoms. The van der Waals surface area contributed by atoms with Gasteiger partial charge in [0.2, 0.25) is 5.91 Å². The van der Waals surface area contributed by atoms with E-state index < -0.39 is 11.9 Å². The van der Waals surface area contributed by atoms with Crippen LogP contribution in [0.5, 0.6) is 0 Å². The molecule has 1 amide bonds. The zero-order valence-corrected chi connectivity index (χ0v) is 10.4. The van der Waals surface area contributed by atoms with E-state index >= 15 is 0 Å². The Morgan fingerprint density at radius 2 is 1.89 bits per heavy atom. The van der Waals surface area contributed by atoms with Crippen LogP contribution in [0.15, 0.2) is 18.3 Å². The van der Waals surface area contributed by atoms with Gasteiger partial charge in [0, 0.05) is 19.3 Å². The fourth-order valence-corrected chi connectivity index (χ4v) is 2.13. The molecule has 1 aliphatic heterocycles. The average Bonchev–Trinajstić information content (AvgIpc) is 2.39. The third kappa shape index (κ3) is 3.68. The lowest BCUT2D eigenvalue weighted by atomic mass is 10.1. The monoisotopic (exact) mass is 272 g/mol. The Hall–Kier alpha value is -1.59. The maximum absolute atomic E-state index is 12.3. The Bertz CT molecular complexity index is 436. The molecule has 1 aliphatic rings. The summed E-state index contributed by atoms with van der Waals surface area (Å²) in [6.45, 7) is 1.49. The predicted octanol–water partition coefficient (Wildman–Crippen LogP) is 2.66. The Morgan fingerprint density at radius 3 is 2.42 bits per heavy atom. The SMILES string of the molecule is O=C(Cc1ccc(C(F)(F)F)nc1)N1CCCCC1.